The molecule has 1 aromatic heterocycles. The smallest absolute Gasteiger partial charge is 0.148 e. The van der Waals surface area contributed by atoms with E-state index in [4.69, 9.17) is 11.5 Å². The quantitative estimate of drug-likeness (QED) is 0.866. The van der Waals surface area contributed by atoms with Crippen LogP contribution < -0.4 is 11.5 Å². The lowest BCUT2D eigenvalue weighted by Gasteiger charge is -2.21. The van der Waals surface area contributed by atoms with E-state index in [0.29, 0.717) is 17.6 Å². The second-order valence-corrected chi connectivity index (χ2v) is 4.70. The molecule has 4 N–H and O–H groups in total. The Hall–Kier alpha value is -2.10. The molecular formula is C14H18N4. The second kappa shape index (κ2) is 5.04. The van der Waals surface area contributed by atoms with Crippen LogP contribution in [0.2, 0.25) is 0 Å². The van der Waals surface area contributed by atoms with Gasteiger partial charge in [0.1, 0.15) is 11.6 Å². The summed E-state index contributed by atoms with van der Waals surface area (Å²) >= 11 is 0. The van der Waals surface area contributed by atoms with Crippen molar-refractivity contribution in [2.45, 2.75) is 19.8 Å². The fraction of sp³-hybridized carbons (Fsp3) is 0.286. The van der Waals surface area contributed by atoms with Crippen molar-refractivity contribution >= 4 is 11.6 Å². The van der Waals surface area contributed by atoms with E-state index >= 15 is 0 Å². The van der Waals surface area contributed by atoms with E-state index in [1.165, 1.54) is 5.56 Å². The lowest BCUT2D eigenvalue weighted by Crippen LogP contribution is -2.14. The Morgan fingerprint density at radius 3 is 2.28 bits per heavy atom. The normalized spacial score (nSPS) is 12.6. The Bertz CT molecular complexity index is 523. The van der Waals surface area contributed by atoms with Crippen LogP contribution in [0, 0.1) is 5.92 Å². The van der Waals surface area contributed by atoms with Crippen molar-refractivity contribution in [3.05, 3.63) is 47.8 Å². The summed E-state index contributed by atoms with van der Waals surface area (Å²) in [5, 5.41) is 0. The van der Waals surface area contributed by atoms with E-state index < -0.39 is 0 Å². The molecule has 0 aliphatic heterocycles. The zero-order chi connectivity index (χ0) is 13.1. The van der Waals surface area contributed by atoms with E-state index in [1.54, 1.807) is 6.20 Å². The van der Waals surface area contributed by atoms with Crippen LogP contribution in [0.1, 0.15) is 31.0 Å². The molecule has 4 heteroatoms. The second-order valence-electron chi connectivity index (χ2n) is 4.70. The average Bonchev–Trinajstić information content (AvgIpc) is 2.33. The van der Waals surface area contributed by atoms with Crippen molar-refractivity contribution < 1.29 is 0 Å². The summed E-state index contributed by atoms with van der Waals surface area (Å²) in [5.41, 5.74) is 13.5. The number of anilines is 2. The number of aromatic nitrogens is 2. The van der Waals surface area contributed by atoms with Crippen LogP contribution in [0.5, 0.6) is 0 Å². The molecule has 4 nitrogen and oxygen atoms in total. The lowest BCUT2D eigenvalue weighted by molar-refractivity contribution is 0.552. The molecule has 0 saturated heterocycles. The molecule has 0 spiro atoms. The van der Waals surface area contributed by atoms with E-state index in [1.807, 2.05) is 18.2 Å². The highest BCUT2D eigenvalue weighted by Gasteiger charge is 2.22. The largest absolute Gasteiger partial charge is 0.382 e. The highest BCUT2D eigenvalue weighted by Crippen LogP contribution is 2.32. The van der Waals surface area contributed by atoms with Crippen molar-refractivity contribution in [1.82, 2.24) is 9.97 Å². The molecule has 1 unspecified atom stereocenters. The zero-order valence-corrected chi connectivity index (χ0v) is 10.7. The summed E-state index contributed by atoms with van der Waals surface area (Å²) in [6.07, 6.45) is 1.56. The number of nitrogen functional groups attached to an aromatic ring is 2. The summed E-state index contributed by atoms with van der Waals surface area (Å²) in [7, 11) is 0. The van der Waals surface area contributed by atoms with Crippen molar-refractivity contribution in [2.75, 3.05) is 11.5 Å². The topological polar surface area (TPSA) is 77.8 Å². The van der Waals surface area contributed by atoms with Crippen LogP contribution in [0.4, 0.5) is 11.6 Å². The number of hydrogen-bond donors (Lipinski definition) is 2. The van der Waals surface area contributed by atoms with E-state index in [2.05, 4.69) is 35.9 Å². The van der Waals surface area contributed by atoms with Crippen LogP contribution in [-0.2, 0) is 0 Å². The predicted octanol–water partition coefficient (Wildman–Crippen LogP) is 2.43. The minimum absolute atomic E-state index is 0.138. The molecule has 0 fully saturated rings. The number of hydrogen-bond acceptors (Lipinski definition) is 4. The fourth-order valence-electron chi connectivity index (χ4n) is 2.19. The first-order chi connectivity index (χ1) is 8.59. The maximum Gasteiger partial charge on any atom is 0.148 e. The number of nitrogens with two attached hydrogens (primary N) is 2. The Balaban J connectivity index is 2.49. The van der Waals surface area contributed by atoms with Gasteiger partial charge in [-0.3, -0.25) is 4.98 Å². The first-order valence-electron chi connectivity index (χ1n) is 6.02. The van der Waals surface area contributed by atoms with Gasteiger partial charge in [0.25, 0.3) is 0 Å². The van der Waals surface area contributed by atoms with Gasteiger partial charge < -0.3 is 11.5 Å². The first kappa shape index (κ1) is 12.4. The molecule has 94 valence electrons. The van der Waals surface area contributed by atoms with Crippen molar-refractivity contribution in [2.24, 2.45) is 5.92 Å². The van der Waals surface area contributed by atoms with Crippen molar-refractivity contribution in [1.29, 1.82) is 0 Å². The fourth-order valence-corrected chi connectivity index (χ4v) is 2.19. The molecular weight excluding hydrogens is 224 g/mol. The maximum atomic E-state index is 5.94. The molecule has 0 saturated carbocycles. The predicted molar refractivity (Wildman–Crippen MR) is 74.0 cm³/mol. The monoisotopic (exact) mass is 242 g/mol. The van der Waals surface area contributed by atoms with Gasteiger partial charge in [-0.05, 0) is 11.5 Å². The van der Waals surface area contributed by atoms with Crippen molar-refractivity contribution in [3.63, 3.8) is 0 Å². The first-order valence-corrected chi connectivity index (χ1v) is 6.02. The molecule has 0 radical (unpaired) electrons. The maximum absolute atomic E-state index is 5.94. The van der Waals surface area contributed by atoms with Gasteiger partial charge in [-0.1, -0.05) is 44.2 Å². The highest BCUT2D eigenvalue weighted by atomic mass is 15.0. The molecule has 1 aromatic carbocycles. The minimum atomic E-state index is 0.138. The van der Waals surface area contributed by atoms with Crippen molar-refractivity contribution in [3.8, 4) is 0 Å². The zero-order valence-electron chi connectivity index (χ0n) is 10.7. The number of rotatable bonds is 3. The van der Waals surface area contributed by atoms with E-state index in [9.17, 15) is 0 Å². The molecule has 0 aliphatic carbocycles. The van der Waals surface area contributed by atoms with Crippen LogP contribution >= 0.6 is 0 Å². The third kappa shape index (κ3) is 2.42. The summed E-state index contributed by atoms with van der Waals surface area (Å²) in [6.45, 7) is 4.30. The standard InChI is InChI=1S/C14H18N4/c1-9(2)12(10-6-4-3-5-7-10)13-14(16)18-11(15)8-17-13/h3-9,12H,1-2H3,(H4,15,16,18). The van der Waals surface area contributed by atoms with Gasteiger partial charge >= 0.3 is 0 Å². The van der Waals surface area contributed by atoms with E-state index in [0.717, 1.165) is 5.69 Å². The third-order valence-electron chi connectivity index (χ3n) is 2.97. The number of benzene rings is 1. The van der Waals surface area contributed by atoms with E-state index in [-0.39, 0.29) is 5.92 Å². The van der Waals surface area contributed by atoms with Gasteiger partial charge in [-0.15, -0.1) is 0 Å². The molecule has 2 rings (SSSR count). The molecule has 0 amide bonds. The molecule has 0 aliphatic rings. The molecule has 1 atom stereocenters. The third-order valence-corrected chi connectivity index (χ3v) is 2.97. The summed E-state index contributed by atoms with van der Waals surface area (Å²) < 4.78 is 0. The SMILES string of the molecule is CC(C)C(c1ccccc1)c1ncc(N)nc1N. The molecule has 2 aromatic rings. The lowest BCUT2D eigenvalue weighted by atomic mass is 9.85. The van der Waals surface area contributed by atoms with Gasteiger partial charge in [-0.2, -0.15) is 0 Å². The Labute approximate surface area is 107 Å². The molecule has 0 bridgehead atoms. The minimum Gasteiger partial charge on any atom is -0.382 e. The van der Waals surface area contributed by atoms with Gasteiger partial charge in [0.05, 0.1) is 11.9 Å². The highest BCUT2D eigenvalue weighted by molar-refractivity contribution is 5.46. The molecule has 18 heavy (non-hydrogen) atoms. The summed E-state index contributed by atoms with van der Waals surface area (Å²) in [6, 6.07) is 10.2. The van der Waals surface area contributed by atoms with Crippen LogP contribution in [-0.4, -0.2) is 9.97 Å². The van der Waals surface area contributed by atoms with Crippen LogP contribution in [0.25, 0.3) is 0 Å². The summed E-state index contributed by atoms with van der Waals surface area (Å²) in [4.78, 5) is 8.46. The molecule has 1 heterocycles. The average molecular weight is 242 g/mol. The Morgan fingerprint density at radius 1 is 1.06 bits per heavy atom. The van der Waals surface area contributed by atoms with Crippen LogP contribution in [0.3, 0.4) is 0 Å². The van der Waals surface area contributed by atoms with Gasteiger partial charge in [0, 0.05) is 5.92 Å². The Kier molecular flexibility index (Phi) is 3.46. The van der Waals surface area contributed by atoms with Gasteiger partial charge in [0.2, 0.25) is 0 Å². The summed E-state index contributed by atoms with van der Waals surface area (Å²) in [5.74, 6) is 1.29. The van der Waals surface area contributed by atoms with Crippen LogP contribution in [0.15, 0.2) is 36.5 Å². The Morgan fingerprint density at radius 2 is 1.72 bits per heavy atom. The van der Waals surface area contributed by atoms with Gasteiger partial charge in [-0.25, -0.2) is 4.98 Å². The van der Waals surface area contributed by atoms with Gasteiger partial charge in [0.15, 0.2) is 0 Å². The number of nitrogens with zero attached hydrogens (tertiary/aromatic N) is 2.